The number of alkyl halides is 3. The Hall–Kier alpha value is -6.05. The number of carbonyl (C=O) groups excluding carboxylic acids is 1. The molecule has 0 saturated heterocycles. The lowest BCUT2D eigenvalue weighted by molar-refractivity contribution is -0.137. The molecule has 226 valence electrons. The van der Waals surface area contributed by atoms with Gasteiger partial charge in [0, 0.05) is 42.1 Å². The molecule has 3 aromatic carbocycles. The number of imidazole rings is 1. The second-order valence-corrected chi connectivity index (χ2v) is 9.68. The SMILES string of the molecule is CNc1ncnc(-c2cccnc2Oc2ccc(NC(=O)Nc3cc(C(F)(F)F)ccc3Cn3ccnc3)c3ccccc23)n1. The number of fused-ring (bicyclic) bond motifs is 1. The van der Waals surface area contributed by atoms with Crippen LogP contribution in [-0.4, -0.2) is 42.6 Å². The summed E-state index contributed by atoms with van der Waals surface area (Å²) in [6.07, 6.45) is 3.15. The fourth-order valence-electron chi connectivity index (χ4n) is 4.62. The number of hydrogen-bond donors (Lipinski definition) is 3. The zero-order valence-corrected chi connectivity index (χ0v) is 23.6. The van der Waals surface area contributed by atoms with Crippen molar-refractivity contribution in [2.24, 2.45) is 0 Å². The van der Waals surface area contributed by atoms with Crippen LogP contribution in [0.4, 0.5) is 35.3 Å². The van der Waals surface area contributed by atoms with E-state index in [0.717, 1.165) is 12.1 Å². The Labute approximate surface area is 254 Å². The Morgan fingerprint density at radius 3 is 2.51 bits per heavy atom. The molecule has 0 unspecified atom stereocenters. The summed E-state index contributed by atoms with van der Waals surface area (Å²) in [5, 5.41) is 9.50. The summed E-state index contributed by atoms with van der Waals surface area (Å²) in [6, 6.07) is 16.5. The second kappa shape index (κ2) is 12.3. The van der Waals surface area contributed by atoms with Crippen LogP contribution in [0.15, 0.2) is 98.0 Å². The maximum atomic E-state index is 13.5. The van der Waals surface area contributed by atoms with Gasteiger partial charge in [0.25, 0.3) is 0 Å². The van der Waals surface area contributed by atoms with Crippen LogP contribution in [0.3, 0.4) is 0 Å². The lowest BCUT2D eigenvalue weighted by atomic mass is 10.1. The van der Waals surface area contributed by atoms with Crippen LogP contribution in [0.5, 0.6) is 11.6 Å². The zero-order valence-electron chi connectivity index (χ0n) is 23.6. The molecule has 3 heterocycles. The smallest absolute Gasteiger partial charge is 0.416 e. The van der Waals surface area contributed by atoms with Crippen LogP contribution in [0.1, 0.15) is 11.1 Å². The molecule has 6 aromatic rings. The van der Waals surface area contributed by atoms with Gasteiger partial charge in [-0.25, -0.2) is 24.7 Å². The molecule has 0 aliphatic rings. The Morgan fingerprint density at radius 2 is 1.73 bits per heavy atom. The molecule has 0 fully saturated rings. The third kappa shape index (κ3) is 6.49. The van der Waals surface area contributed by atoms with Crippen LogP contribution in [0.25, 0.3) is 22.2 Å². The summed E-state index contributed by atoms with van der Waals surface area (Å²) in [7, 11) is 1.70. The lowest BCUT2D eigenvalue weighted by Gasteiger charge is -2.17. The quantitative estimate of drug-likeness (QED) is 0.171. The molecule has 0 saturated carbocycles. The van der Waals surface area contributed by atoms with E-state index < -0.39 is 17.8 Å². The van der Waals surface area contributed by atoms with Crippen LogP contribution in [0.2, 0.25) is 0 Å². The van der Waals surface area contributed by atoms with Gasteiger partial charge in [0.1, 0.15) is 12.1 Å². The van der Waals surface area contributed by atoms with Gasteiger partial charge >= 0.3 is 12.2 Å². The number of pyridine rings is 1. The number of nitrogens with one attached hydrogen (secondary N) is 3. The number of aromatic nitrogens is 6. The average molecular weight is 612 g/mol. The number of amides is 2. The topological polar surface area (TPSA) is 132 Å². The first kappa shape index (κ1) is 29.0. The number of rotatable bonds is 8. The fourth-order valence-corrected chi connectivity index (χ4v) is 4.62. The predicted molar refractivity (Wildman–Crippen MR) is 162 cm³/mol. The number of nitrogens with zero attached hydrogens (tertiary/aromatic N) is 6. The molecule has 0 atom stereocenters. The molecule has 11 nitrogen and oxygen atoms in total. The summed E-state index contributed by atoms with van der Waals surface area (Å²) in [4.78, 5) is 34.2. The predicted octanol–water partition coefficient (Wildman–Crippen LogP) is 6.83. The lowest BCUT2D eigenvalue weighted by Crippen LogP contribution is -2.21. The van der Waals surface area contributed by atoms with Crippen molar-refractivity contribution >= 4 is 34.1 Å². The maximum Gasteiger partial charge on any atom is 0.416 e. The molecule has 3 N–H and O–H groups in total. The standard InChI is InChI=1S/C31H24F3N9O2/c1-35-29-39-17-38-27(42-29)23-7-4-12-37-28(23)45-26-11-10-24(21-5-2-3-6-22(21)26)40-30(44)41-25-15-20(31(32,33)34)9-8-19(25)16-43-14-13-36-18-43/h2-15,17-18H,16H2,1H3,(H2,40,41,44)(H,35,38,39,42). The Balaban J connectivity index is 1.28. The summed E-state index contributed by atoms with van der Waals surface area (Å²) < 4.78 is 48.5. The first-order valence-corrected chi connectivity index (χ1v) is 13.5. The van der Waals surface area contributed by atoms with E-state index in [-0.39, 0.29) is 18.1 Å². The number of anilines is 3. The number of halogens is 3. The monoisotopic (exact) mass is 611 g/mol. The van der Waals surface area contributed by atoms with E-state index in [1.54, 1.807) is 66.6 Å². The highest BCUT2D eigenvalue weighted by atomic mass is 19.4. The third-order valence-corrected chi connectivity index (χ3v) is 6.74. The fraction of sp³-hybridized carbons (Fsp3) is 0.0968. The van der Waals surface area contributed by atoms with Gasteiger partial charge in [-0.05, 0) is 42.0 Å². The molecule has 0 radical (unpaired) electrons. The highest BCUT2D eigenvalue weighted by Crippen LogP contribution is 2.37. The molecule has 0 spiro atoms. The van der Waals surface area contributed by atoms with E-state index in [1.165, 1.54) is 18.7 Å². The van der Waals surface area contributed by atoms with E-state index in [4.69, 9.17) is 4.74 Å². The van der Waals surface area contributed by atoms with Crippen molar-refractivity contribution in [3.63, 3.8) is 0 Å². The number of ether oxygens (including phenoxy) is 1. The van der Waals surface area contributed by atoms with Crippen molar-refractivity contribution < 1.29 is 22.7 Å². The zero-order chi connectivity index (χ0) is 31.4. The van der Waals surface area contributed by atoms with Crippen molar-refractivity contribution in [3.05, 3.63) is 109 Å². The highest BCUT2D eigenvalue weighted by molar-refractivity contribution is 6.07. The van der Waals surface area contributed by atoms with Crippen molar-refractivity contribution in [2.75, 3.05) is 23.0 Å². The summed E-state index contributed by atoms with van der Waals surface area (Å²) in [5.74, 6) is 1.44. The normalized spacial score (nSPS) is 11.3. The van der Waals surface area contributed by atoms with Gasteiger partial charge in [-0.3, -0.25) is 0 Å². The first-order valence-electron chi connectivity index (χ1n) is 13.5. The number of hydrogen-bond acceptors (Lipinski definition) is 8. The summed E-state index contributed by atoms with van der Waals surface area (Å²) in [6.45, 7) is 0.207. The first-order chi connectivity index (χ1) is 21.8. The van der Waals surface area contributed by atoms with E-state index in [0.29, 0.717) is 45.1 Å². The Bertz CT molecular complexity index is 1980. The molecule has 0 aliphatic heterocycles. The van der Waals surface area contributed by atoms with Gasteiger partial charge in [-0.15, -0.1) is 0 Å². The number of carbonyl (C=O) groups is 1. The van der Waals surface area contributed by atoms with Gasteiger partial charge in [0.2, 0.25) is 11.8 Å². The Morgan fingerprint density at radius 1 is 0.911 bits per heavy atom. The Kier molecular flexibility index (Phi) is 7.93. The summed E-state index contributed by atoms with van der Waals surface area (Å²) in [5.41, 5.74) is 0.552. The van der Waals surface area contributed by atoms with E-state index in [9.17, 15) is 18.0 Å². The minimum Gasteiger partial charge on any atom is -0.438 e. The van der Waals surface area contributed by atoms with Crippen LogP contribution in [-0.2, 0) is 12.7 Å². The molecule has 45 heavy (non-hydrogen) atoms. The van der Waals surface area contributed by atoms with Gasteiger partial charge in [-0.1, -0.05) is 30.3 Å². The average Bonchev–Trinajstić information content (AvgIpc) is 3.56. The van der Waals surface area contributed by atoms with E-state index >= 15 is 0 Å². The van der Waals surface area contributed by atoms with E-state index in [2.05, 4.69) is 40.9 Å². The van der Waals surface area contributed by atoms with Gasteiger partial charge in [0.15, 0.2) is 5.82 Å². The van der Waals surface area contributed by atoms with Crippen LogP contribution in [0, 0.1) is 0 Å². The second-order valence-electron chi connectivity index (χ2n) is 9.68. The van der Waals surface area contributed by atoms with Crippen molar-refractivity contribution in [1.82, 2.24) is 29.5 Å². The molecule has 2 amide bonds. The highest BCUT2D eigenvalue weighted by Gasteiger charge is 2.31. The van der Waals surface area contributed by atoms with Crippen molar-refractivity contribution in [3.8, 4) is 23.0 Å². The molecule has 0 aliphatic carbocycles. The van der Waals surface area contributed by atoms with Crippen LogP contribution < -0.4 is 20.7 Å². The van der Waals surface area contributed by atoms with Gasteiger partial charge in [0.05, 0.1) is 29.7 Å². The van der Waals surface area contributed by atoms with E-state index in [1.807, 2.05) is 12.1 Å². The molecule has 14 heteroatoms. The third-order valence-electron chi connectivity index (χ3n) is 6.74. The maximum absolute atomic E-state index is 13.5. The van der Waals surface area contributed by atoms with Gasteiger partial charge < -0.3 is 25.3 Å². The minimum absolute atomic E-state index is 0.0164. The number of benzene rings is 3. The summed E-state index contributed by atoms with van der Waals surface area (Å²) >= 11 is 0. The van der Waals surface area contributed by atoms with Crippen molar-refractivity contribution in [1.29, 1.82) is 0 Å². The molecule has 3 aromatic heterocycles. The molecular formula is C31H24F3N9O2. The molecule has 6 rings (SSSR count). The van der Waals surface area contributed by atoms with Crippen LogP contribution >= 0.6 is 0 Å². The van der Waals surface area contributed by atoms with Gasteiger partial charge in [-0.2, -0.15) is 18.2 Å². The minimum atomic E-state index is -4.58. The molecular weight excluding hydrogens is 587 g/mol. The van der Waals surface area contributed by atoms with Crippen molar-refractivity contribution in [2.45, 2.75) is 12.7 Å². The molecule has 0 bridgehead atoms. The largest absolute Gasteiger partial charge is 0.438 e. The number of urea groups is 1.